The molecule has 6 nitrogen and oxygen atoms in total. The maximum Gasteiger partial charge on any atom is 0.335 e. The predicted molar refractivity (Wildman–Crippen MR) is 100 cm³/mol. The maximum atomic E-state index is 12.5. The number of aromatic carboxylic acids is 1. The van der Waals surface area contributed by atoms with E-state index in [9.17, 15) is 14.4 Å². The van der Waals surface area contributed by atoms with E-state index in [4.69, 9.17) is 5.11 Å². The summed E-state index contributed by atoms with van der Waals surface area (Å²) in [7, 11) is 0. The second-order valence-electron chi connectivity index (χ2n) is 6.76. The quantitative estimate of drug-likeness (QED) is 0.823. The van der Waals surface area contributed by atoms with Gasteiger partial charge >= 0.3 is 5.97 Å². The van der Waals surface area contributed by atoms with Crippen molar-refractivity contribution in [3.05, 3.63) is 70.3 Å². The van der Waals surface area contributed by atoms with Crippen LogP contribution in [0, 0.1) is 6.92 Å². The van der Waals surface area contributed by atoms with Crippen molar-refractivity contribution in [2.24, 2.45) is 0 Å². The SMILES string of the molecule is Cc1cc(C(=O)O)cc(C(=O)NCc2ccccc2CN2CCCC2=O)c1. The summed E-state index contributed by atoms with van der Waals surface area (Å²) >= 11 is 0. The number of amides is 2. The highest BCUT2D eigenvalue weighted by atomic mass is 16.4. The first kappa shape index (κ1) is 18.6. The number of aryl methyl sites for hydroxylation is 1. The minimum Gasteiger partial charge on any atom is -0.478 e. The van der Waals surface area contributed by atoms with E-state index in [1.807, 2.05) is 29.2 Å². The summed E-state index contributed by atoms with van der Waals surface area (Å²) in [6.07, 6.45) is 1.48. The number of carbonyl (C=O) groups excluding carboxylic acids is 2. The number of hydrogen-bond acceptors (Lipinski definition) is 3. The number of hydrogen-bond donors (Lipinski definition) is 2. The van der Waals surface area contributed by atoms with Crippen molar-refractivity contribution in [1.82, 2.24) is 10.2 Å². The Morgan fingerprint density at radius 1 is 1.11 bits per heavy atom. The van der Waals surface area contributed by atoms with Gasteiger partial charge in [-0.25, -0.2) is 4.79 Å². The molecule has 0 bridgehead atoms. The molecule has 0 aromatic heterocycles. The van der Waals surface area contributed by atoms with Crippen LogP contribution < -0.4 is 5.32 Å². The fraction of sp³-hybridized carbons (Fsp3) is 0.286. The van der Waals surface area contributed by atoms with Gasteiger partial charge in [-0.1, -0.05) is 24.3 Å². The van der Waals surface area contributed by atoms with E-state index in [0.717, 1.165) is 24.1 Å². The standard InChI is InChI=1S/C21H22N2O4/c1-14-9-17(11-18(10-14)21(26)27)20(25)22-12-15-5-2-3-6-16(15)13-23-8-4-7-19(23)24/h2-3,5-6,9-11H,4,7-8,12-13H2,1H3,(H,22,25)(H,26,27). The van der Waals surface area contributed by atoms with Crippen molar-refractivity contribution >= 4 is 17.8 Å². The van der Waals surface area contributed by atoms with Crippen LogP contribution >= 0.6 is 0 Å². The highest BCUT2D eigenvalue weighted by Crippen LogP contribution is 2.17. The Morgan fingerprint density at radius 3 is 2.48 bits per heavy atom. The number of likely N-dealkylation sites (tertiary alicyclic amines) is 1. The zero-order chi connectivity index (χ0) is 19.4. The molecule has 0 spiro atoms. The summed E-state index contributed by atoms with van der Waals surface area (Å²) < 4.78 is 0. The molecule has 6 heteroatoms. The lowest BCUT2D eigenvalue weighted by molar-refractivity contribution is -0.128. The molecule has 0 saturated carbocycles. The van der Waals surface area contributed by atoms with Crippen molar-refractivity contribution in [1.29, 1.82) is 0 Å². The topological polar surface area (TPSA) is 86.7 Å². The van der Waals surface area contributed by atoms with Gasteiger partial charge in [0.25, 0.3) is 5.91 Å². The fourth-order valence-electron chi connectivity index (χ4n) is 3.28. The molecule has 1 heterocycles. The van der Waals surface area contributed by atoms with Gasteiger partial charge in [0.05, 0.1) is 5.56 Å². The number of rotatable bonds is 6. The van der Waals surface area contributed by atoms with Gasteiger partial charge in [0.1, 0.15) is 0 Å². The van der Waals surface area contributed by atoms with E-state index < -0.39 is 5.97 Å². The second kappa shape index (κ2) is 8.03. The average Bonchev–Trinajstić information content (AvgIpc) is 3.05. The van der Waals surface area contributed by atoms with Gasteiger partial charge in [0.15, 0.2) is 0 Å². The monoisotopic (exact) mass is 366 g/mol. The van der Waals surface area contributed by atoms with E-state index in [1.165, 1.54) is 12.1 Å². The van der Waals surface area contributed by atoms with Crippen LogP contribution in [0.1, 0.15) is 50.2 Å². The van der Waals surface area contributed by atoms with Crippen LogP contribution in [0.25, 0.3) is 0 Å². The Morgan fingerprint density at radius 2 is 1.81 bits per heavy atom. The molecule has 2 aromatic carbocycles. The number of carbonyl (C=O) groups is 3. The van der Waals surface area contributed by atoms with Crippen molar-refractivity contribution in [3.8, 4) is 0 Å². The highest BCUT2D eigenvalue weighted by Gasteiger charge is 2.21. The Balaban J connectivity index is 1.71. The first-order valence-corrected chi connectivity index (χ1v) is 8.92. The van der Waals surface area contributed by atoms with Crippen LogP contribution in [0.4, 0.5) is 0 Å². The number of benzene rings is 2. The van der Waals surface area contributed by atoms with Crippen molar-refractivity contribution in [2.45, 2.75) is 32.9 Å². The van der Waals surface area contributed by atoms with Gasteiger partial charge in [-0.2, -0.15) is 0 Å². The molecule has 1 fully saturated rings. The van der Waals surface area contributed by atoms with Gasteiger partial charge in [-0.3, -0.25) is 9.59 Å². The summed E-state index contributed by atoms with van der Waals surface area (Å²) in [6.45, 7) is 3.37. The number of carboxylic acid groups (broad SMARTS) is 1. The van der Waals surface area contributed by atoms with Crippen molar-refractivity contribution in [2.75, 3.05) is 6.54 Å². The van der Waals surface area contributed by atoms with Crippen LogP contribution in [0.3, 0.4) is 0 Å². The lowest BCUT2D eigenvalue weighted by Crippen LogP contribution is -2.27. The van der Waals surface area contributed by atoms with E-state index in [1.54, 1.807) is 13.0 Å². The molecule has 2 N–H and O–H groups in total. The second-order valence-corrected chi connectivity index (χ2v) is 6.76. The lowest BCUT2D eigenvalue weighted by Gasteiger charge is -2.18. The summed E-state index contributed by atoms with van der Waals surface area (Å²) in [4.78, 5) is 37.4. The van der Waals surface area contributed by atoms with Gasteiger partial charge in [0.2, 0.25) is 5.91 Å². The highest BCUT2D eigenvalue weighted by molar-refractivity contribution is 5.97. The lowest BCUT2D eigenvalue weighted by atomic mass is 10.0. The molecule has 1 aliphatic heterocycles. The minimum atomic E-state index is -1.06. The zero-order valence-electron chi connectivity index (χ0n) is 15.2. The zero-order valence-corrected chi connectivity index (χ0v) is 15.2. The van der Waals surface area contributed by atoms with Crippen LogP contribution in [-0.4, -0.2) is 34.3 Å². The van der Waals surface area contributed by atoms with Crippen LogP contribution in [-0.2, 0) is 17.9 Å². The Bertz CT molecular complexity index is 892. The molecule has 1 aliphatic rings. The van der Waals surface area contributed by atoms with Gasteiger partial charge in [-0.15, -0.1) is 0 Å². The molecular formula is C21H22N2O4. The molecule has 0 atom stereocenters. The van der Waals surface area contributed by atoms with Crippen LogP contribution in [0.5, 0.6) is 0 Å². The molecule has 0 aliphatic carbocycles. The molecule has 140 valence electrons. The van der Waals surface area contributed by atoms with Gasteiger partial charge in [-0.05, 0) is 48.2 Å². The van der Waals surface area contributed by atoms with Crippen molar-refractivity contribution < 1.29 is 19.5 Å². The van der Waals surface area contributed by atoms with Gasteiger partial charge < -0.3 is 15.3 Å². The summed E-state index contributed by atoms with van der Waals surface area (Å²) in [6, 6.07) is 12.3. The number of nitrogens with zero attached hydrogens (tertiary/aromatic N) is 1. The fourth-order valence-corrected chi connectivity index (χ4v) is 3.28. The third-order valence-corrected chi connectivity index (χ3v) is 4.68. The number of nitrogens with one attached hydrogen (secondary N) is 1. The largest absolute Gasteiger partial charge is 0.478 e. The number of carboxylic acids is 1. The smallest absolute Gasteiger partial charge is 0.335 e. The Hall–Kier alpha value is -3.15. The normalized spacial score (nSPS) is 13.7. The first-order valence-electron chi connectivity index (χ1n) is 8.92. The van der Waals surface area contributed by atoms with E-state index in [2.05, 4.69) is 5.32 Å². The third-order valence-electron chi connectivity index (χ3n) is 4.68. The molecule has 1 saturated heterocycles. The van der Waals surface area contributed by atoms with E-state index in [0.29, 0.717) is 30.6 Å². The summed E-state index contributed by atoms with van der Waals surface area (Å²) in [5, 5.41) is 12.0. The summed E-state index contributed by atoms with van der Waals surface area (Å²) in [5.74, 6) is -1.23. The molecule has 3 rings (SSSR count). The van der Waals surface area contributed by atoms with Crippen LogP contribution in [0.15, 0.2) is 42.5 Å². The van der Waals surface area contributed by atoms with E-state index >= 15 is 0 Å². The third kappa shape index (κ3) is 4.53. The van der Waals surface area contributed by atoms with E-state index in [-0.39, 0.29) is 17.4 Å². The first-order chi connectivity index (χ1) is 12.9. The molecule has 0 radical (unpaired) electrons. The van der Waals surface area contributed by atoms with Crippen LogP contribution in [0.2, 0.25) is 0 Å². The Labute approximate surface area is 157 Å². The molecular weight excluding hydrogens is 344 g/mol. The summed E-state index contributed by atoms with van der Waals surface area (Å²) in [5.41, 5.74) is 3.07. The average molecular weight is 366 g/mol. The molecule has 27 heavy (non-hydrogen) atoms. The van der Waals surface area contributed by atoms with Crippen molar-refractivity contribution in [3.63, 3.8) is 0 Å². The molecule has 2 aromatic rings. The molecule has 2 amide bonds. The predicted octanol–water partition coefficient (Wildman–Crippen LogP) is 2.75. The van der Waals surface area contributed by atoms with Gasteiger partial charge in [0, 0.05) is 31.6 Å². The Kier molecular flexibility index (Phi) is 5.54. The maximum absolute atomic E-state index is 12.5. The molecule has 0 unspecified atom stereocenters. The minimum absolute atomic E-state index is 0.0908.